The lowest BCUT2D eigenvalue weighted by atomic mass is 10.1. The molecule has 1 aromatic carbocycles. The monoisotopic (exact) mass is 442 g/mol. The fourth-order valence-corrected chi connectivity index (χ4v) is 1.98. The molecule has 0 heterocycles. The third-order valence-corrected chi connectivity index (χ3v) is 2.93. The van der Waals surface area contributed by atoms with Gasteiger partial charge < -0.3 is 16.0 Å². The molecule has 0 bridgehead atoms. The van der Waals surface area contributed by atoms with E-state index in [0.717, 1.165) is 17.8 Å². The zero-order valence-electron chi connectivity index (χ0n) is 14.6. The summed E-state index contributed by atoms with van der Waals surface area (Å²) in [7, 11) is 0. The minimum atomic E-state index is 0. The van der Waals surface area contributed by atoms with Gasteiger partial charge in [-0.1, -0.05) is 31.9 Å². The van der Waals surface area contributed by atoms with Crippen molar-refractivity contribution in [2.45, 2.75) is 33.7 Å². The quantitative estimate of drug-likeness (QED) is 0.263. The highest BCUT2D eigenvalue weighted by molar-refractivity contribution is 14.0. The van der Waals surface area contributed by atoms with Gasteiger partial charge in [-0.3, -0.25) is 4.79 Å². The standard InChI is InChI=1S/C18H26N4O.HI/c1-5-10-20-18(19-6-2)21-13-15-8-7-9-16(12-15)22-17(23)11-14(3)4;/h1,7-9,12,14H,6,10-11,13H2,2-4H3,(H,22,23)(H2,19,20,21);1H. The molecule has 3 N–H and O–H groups in total. The molecule has 0 aliphatic rings. The molecular weight excluding hydrogens is 415 g/mol. The number of guanidine groups is 1. The zero-order chi connectivity index (χ0) is 17.1. The third kappa shape index (κ3) is 9.40. The Hall–Kier alpha value is -1.75. The van der Waals surface area contributed by atoms with Crippen molar-refractivity contribution in [1.82, 2.24) is 10.6 Å². The Bertz CT molecular complexity index is 579. The summed E-state index contributed by atoms with van der Waals surface area (Å²) in [6.45, 7) is 7.75. The Morgan fingerprint density at radius 2 is 2.08 bits per heavy atom. The number of aliphatic imine (C=N–C) groups is 1. The molecule has 132 valence electrons. The summed E-state index contributed by atoms with van der Waals surface area (Å²) in [5.74, 6) is 3.57. The van der Waals surface area contributed by atoms with Crippen LogP contribution in [0.15, 0.2) is 29.3 Å². The number of terminal acetylenes is 1. The first kappa shape index (κ1) is 22.2. The SMILES string of the molecule is C#CCNC(=NCc1cccc(NC(=O)CC(C)C)c1)NCC.I. The van der Waals surface area contributed by atoms with E-state index in [1.165, 1.54) is 0 Å². The minimum absolute atomic E-state index is 0. The number of anilines is 1. The molecule has 0 aliphatic heterocycles. The fraction of sp³-hybridized carbons (Fsp3) is 0.444. The van der Waals surface area contributed by atoms with E-state index in [1.54, 1.807) is 0 Å². The van der Waals surface area contributed by atoms with E-state index >= 15 is 0 Å². The van der Waals surface area contributed by atoms with Gasteiger partial charge in [0.2, 0.25) is 5.91 Å². The molecule has 0 atom stereocenters. The first-order chi connectivity index (χ1) is 11.0. The van der Waals surface area contributed by atoms with Crippen LogP contribution in [-0.4, -0.2) is 25.0 Å². The van der Waals surface area contributed by atoms with E-state index in [0.29, 0.717) is 31.4 Å². The average molecular weight is 442 g/mol. The van der Waals surface area contributed by atoms with Crippen molar-refractivity contribution in [3.63, 3.8) is 0 Å². The van der Waals surface area contributed by atoms with Crippen LogP contribution in [0.3, 0.4) is 0 Å². The molecule has 0 unspecified atom stereocenters. The highest BCUT2D eigenvalue weighted by Crippen LogP contribution is 2.13. The molecule has 24 heavy (non-hydrogen) atoms. The van der Waals surface area contributed by atoms with Crippen LogP contribution in [0.5, 0.6) is 0 Å². The third-order valence-electron chi connectivity index (χ3n) is 2.93. The van der Waals surface area contributed by atoms with Crippen molar-refractivity contribution >= 4 is 41.5 Å². The lowest BCUT2D eigenvalue weighted by Gasteiger charge is -2.10. The molecular formula is C18H27IN4O. The molecule has 0 saturated carbocycles. The number of nitrogens with one attached hydrogen (secondary N) is 3. The second-order valence-corrected chi connectivity index (χ2v) is 5.60. The summed E-state index contributed by atoms with van der Waals surface area (Å²) in [6, 6.07) is 7.71. The van der Waals surface area contributed by atoms with Crippen LogP contribution in [-0.2, 0) is 11.3 Å². The second kappa shape index (κ2) is 12.6. The molecule has 1 rings (SSSR count). The van der Waals surface area contributed by atoms with Crippen molar-refractivity contribution in [1.29, 1.82) is 0 Å². The number of halogens is 1. The van der Waals surface area contributed by atoms with Gasteiger partial charge in [-0.15, -0.1) is 30.4 Å². The molecule has 0 radical (unpaired) electrons. The number of carbonyl (C=O) groups is 1. The number of benzene rings is 1. The van der Waals surface area contributed by atoms with E-state index in [-0.39, 0.29) is 29.9 Å². The molecule has 1 aromatic rings. The first-order valence-corrected chi connectivity index (χ1v) is 7.89. The Balaban J connectivity index is 0.00000529. The molecule has 0 fully saturated rings. The maximum Gasteiger partial charge on any atom is 0.224 e. The highest BCUT2D eigenvalue weighted by Gasteiger charge is 2.05. The van der Waals surface area contributed by atoms with Crippen molar-refractivity contribution in [2.24, 2.45) is 10.9 Å². The summed E-state index contributed by atoms with van der Waals surface area (Å²) in [4.78, 5) is 16.3. The zero-order valence-corrected chi connectivity index (χ0v) is 16.9. The van der Waals surface area contributed by atoms with E-state index < -0.39 is 0 Å². The number of hydrogen-bond acceptors (Lipinski definition) is 2. The van der Waals surface area contributed by atoms with E-state index in [9.17, 15) is 4.79 Å². The smallest absolute Gasteiger partial charge is 0.224 e. The fourth-order valence-electron chi connectivity index (χ4n) is 1.98. The Kier molecular flexibility index (Phi) is 11.7. The Morgan fingerprint density at radius 3 is 2.71 bits per heavy atom. The van der Waals surface area contributed by atoms with E-state index in [1.807, 2.05) is 45.0 Å². The van der Waals surface area contributed by atoms with Gasteiger partial charge in [0.25, 0.3) is 0 Å². The van der Waals surface area contributed by atoms with Crippen LogP contribution in [0.25, 0.3) is 0 Å². The topological polar surface area (TPSA) is 65.5 Å². The van der Waals surface area contributed by atoms with Gasteiger partial charge >= 0.3 is 0 Å². The lowest BCUT2D eigenvalue weighted by Crippen LogP contribution is -2.37. The summed E-state index contributed by atoms with van der Waals surface area (Å²) < 4.78 is 0. The predicted molar refractivity (Wildman–Crippen MR) is 112 cm³/mol. The molecule has 5 nitrogen and oxygen atoms in total. The van der Waals surface area contributed by atoms with Crippen molar-refractivity contribution in [3.8, 4) is 12.3 Å². The molecule has 0 saturated heterocycles. The van der Waals surface area contributed by atoms with Crippen LogP contribution in [0, 0.1) is 18.3 Å². The van der Waals surface area contributed by atoms with E-state index in [4.69, 9.17) is 6.42 Å². The van der Waals surface area contributed by atoms with Crippen LogP contribution in [0.1, 0.15) is 32.8 Å². The Labute approximate surface area is 162 Å². The highest BCUT2D eigenvalue weighted by atomic mass is 127. The maximum atomic E-state index is 11.8. The number of amides is 1. The van der Waals surface area contributed by atoms with Gasteiger partial charge in [-0.05, 0) is 30.5 Å². The Morgan fingerprint density at radius 1 is 1.33 bits per heavy atom. The van der Waals surface area contributed by atoms with Crippen LogP contribution in [0.2, 0.25) is 0 Å². The van der Waals surface area contributed by atoms with E-state index in [2.05, 4.69) is 26.9 Å². The summed E-state index contributed by atoms with van der Waals surface area (Å²) in [6.07, 6.45) is 5.76. The summed E-state index contributed by atoms with van der Waals surface area (Å²) >= 11 is 0. The largest absolute Gasteiger partial charge is 0.357 e. The van der Waals surface area contributed by atoms with Gasteiger partial charge in [0.05, 0.1) is 13.1 Å². The summed E-state index contributed by atoms with van der Waals surface area (Å²) in [5.41, 5.74) is 1.81. The number of nitrogens with zero attached hydrogens (tertiary/aromatic N) is 1. The van der Waals surface area contributed by atoms with Crippen molar-refractivity contribution in [3.05, 3.63) is 29.8 Å². The molecule has 6 heteroatoms. The van der Waals surface area contributed by atoms with Crippen LogP contribution in [0.4, 0.5) is 5.69 Å². The predicted octanol–water partition coefficient (Wildman–Crippen LogP) is 2.98. The van der Waals surface area contributed by atoms with Gasteiger partial charge in [-0.2, -0.15) is 0 Å². The number of rotatable bonds is 7. The van der Waals surface area contributed by atoms with Gasteiger partial charge in [0, 0.05) is 18.7 Å². The first-order valence-electron chi connectivity index (χ1n) is 7.89. The van der Waals surface area contributed by atoms with Crippen LogP contribution < -0.4 is 16.0 Å². The lowest BCUT2D eigenvalue weighted by molar-refractivity contribution is -0.116. The molecule has 0 aromatic heterocycles. The average Bonchev–Trinajstić information content (AvgIpc) is 2.49. The van der Waals surface area contributed by atoms with Crippen molar-refractivity contribution < 1.29 is 4.79 Å². The molecule has 0 aliphatic carbocycles. The van der Waals surface area contributed by atoms with Gasteiger partial charge in [0.1, 0.15) is 0 Å². The number of carbonyl (C=O) groups excluding carboxylic acids is 1. The second-order valence-electron chi connectivity index (χ2n) is 5.60. The van der Waals surface area contributed by atoms with Gasteiger partial charge in [-0.25, -0.2) is 4.99 Å². The molecule has 1 amide bonds. The number of hydrogen-bond donors (Lipinski definition) is 3. The normalized spacial score (nSPS) is 10.5. The minimum Gasteiger partial charge on any atom is -0.357 e. The van der Waals surface area contributed by atoms with Gasteiger partial charge in [0.15, 0.2) is 5.96 Å². The summed E-state index contributed by atoms with van der Waals surface area (Å²) in [5, 5.41) is 9.09. The maximum absolute atomic E-state index is 11.8. The molecule has 0 spiro atoms. The van der Waals surface area contributed by atoms with Crippen molar-refractivity contribution in [2.75, 3.05) is 18.4 Å². The van der Waals surface area contributed by atoms with Crippen LogP contribution >= 0.6 is 24.0 Å².